The number of fused-ring (bicyclic) bond motifs is 3. The summed E-state index contributed by atoms with van der Waals surface area (Å²) in [6.07, 6.45) is 0.803. The van der Waals surface area contributed by atoms with E-state index in [9.17, 15) is 4.79 Å². The maximum absolute atomic E-state index is 13.2. The van der Waals surface area contributed by atoms with E-state index in [1.54, 1.807) is 17.0 Å². The number of amides is 1. The highest BCUT2D eigenvalue weighted by molar-refractivity contribution is 6.31. The summed E-state index contributed by atoms with van der Waals surface area (Å²) in [7, 11) is 0. The van der Waals surface area contributed by atoms with Crippen molar-refractivity contribution in [1.29, 1.82) is 0 Å². The summed E-state index contributed by atoms with van der Waals surface area (Å²) in [5, 5.41) is 4.65. The molecule has 1 aliphatic rings. The van der Waals surface area contributed by atoms with Crippen LogP contribution in [0, 0.1) is 0 Å². The second-order valence-electron chi connectivity index (χ2n) is 6.06. The van der Waals surface area contributed by atoms with E-state index >= 15 is 0 Å². The van der Waals surface area contributed by atoms with E-state index in [0.717, 1.165) is 23.4 Å². The molecule has 26 heavy (non-hydrogen) atoms. The lowest BCUT2D eigenvalue weighted by Crippen LogP contribution is -2.32. The number of aromatic nitrogens is 1. The summed E-state index contributed by atoms with van der Waals surface area (Å²) in [5.74, 6) is 1.11. The second-order valence-corrected chi connectivity index (χ2v) is 6.50. The van der Waals surface area contributed by atoms with Crippen LogP contribution in [0.5, 0.6) is 5.75 Å². The van der Waals surface area contributed by atoms with Gasteiger partial charge in [-0.3, -0.25) is 4.79 Å². The smallest absolute Gasteiger partial charge is 0.280 e. The highest BCUT2D eigenvalue weighted by Crippen LogP contribution is 2.39. The largest absolute Gasteiger partial charge is 0.488 e. The first-order valence-corrected chi connectivity index (χ1v) is 8.85. The molecule has 0 saturated heterocycles. The molecular weight excluding hydrogens is 352 g/mol. The van der Waals surface area contributed by atoms with E-state index < -0.39 is 0 Å². The number of hydrogen-bond acceptors (Lipinski definition) is 4. The number of carbonyl (C=O) groups excluding carboxylic acids is 1. The molecule has 2 aromatic carbocycles. The second kappa shape index (κ2) is 6.84. The summed E-state index contributed by atoms with van der Waals surface area (Å²) in [6.45, 7) is 2.83. The van der Waals surface area contributed by atoms with Crippen molar-refractivity contribution in [2.45, 2.75) is 20.0 Å². The van der Waals surface area contributed by atoms with Crippen molar-refractivity contribution in [3.63, 3.8) is 0 Å². The minimum absolute atomic E-state index is 0.220. The van der Waals surface area contributed by atoms with Crippen LogP contribution in [0.25, 0.3) is 11.3 Å². The van der Waals surface area contributed by atoms with Gasteiger partial charge in [-0.1, -0.05) is 41.9 Å². The Morgan fingerprint density at radius 1 is 1.23 bits per heavy atom. The van der Waals surface area contributed by atoms with Crippen LogP contribution in [0.15, 0.2) is 53.1 Å². The van der Waals surface area contributed by atoms with Gasteiger partial charge in [0.25, 0.3) is 5.91 Å². The number of ether oxygens (including phenoxy) is 1. The maximum Gasteiger partial charge on any atom is 0.280 e. The third-order valence-electron chi connectivity index (χ3n) is 4.31. The quantitative estimate of drug-likeness (QED) is 0.654. The van der Waals surface area contributed by atoms with Gasteiger partial charge in [-0.05, 0) is 36.8 Å². The van der Waals surface area contributed by atoms with Crippen molar-refractivity contribution in [3.8, 4) is 17.1 Å². The lowest BCUT2D eigenvalue weighted by Gasteiger charge is -2.22. The molecule has 4 rings (SSSR count). The Morgan fingerprint density at radius 2 is 2.08 bits per heavy atom. The average molecular weight is 369 g/mol. The Kier molecular flexibility index (Phi) is 4.39. The first-order valence-electron chi connectivity index (χ1n) is 8.47. The third-order valence-corrected chi connectivity index (χ3v) is 4.54. The van der Waals surface area contributed by atoms with Crippen LogP contribution in [0.4, 0.5) is 5.69 Å². The predicted octanol–water partition coefficient (Wildman–Crippen LogP) is 4.94. The molecule has 0 aliphatic carbocycles. The first-order chi connectivity index (χ1) is 12.7. The minimum atomic E-state index is -0.220. The molecule has 2 heterocycles. The number of halogens is 1. The zero-order valence-corrected chi connectivity index (χ0v) is 15.0. The van der Waals surface area contributed by atoms with E-state index in [4.69, 9.17) is 20.9 Å². The molecule has 3 aromatic rings. The monoisotopic (exact) mass is 368 g/mol. The van der Waals surface area contributed by atoms with Crippen molar-refractivity contribution < 1.29 is 14.1 Å². The van der Waals surface area contributed by atoms with E-state index in [-0.39, 0.29) is 18.2 Å². The summed E-state index contributed by atoms with van der Waals surface area (Å²) < 4.78 is 11.3. The van der Waals surface area contributed by atoms with E-state index in [0.29, 0.717) is 22.9 Å². The van der Waals surface area contributed by atoms with Gasteiger partial charge in [0.2, 0.25) is 0 Å². The van der Waals surface area contributed by atoms with Gasteiger partial charge in [0.1, 0.15) is 12.4 Å². The zero-order valence-electron chi connectivity index (χ0n) is 14.2. The fraction of sp³-hybridized carbons (Fsp3) is 0.200. The van der Waals surface area contributed by atoms with Gasteiger partial charge in [-0.15, -0.1) is 0 Å². The summed E-state index contributed by atoms with van der Waals surface area (Å²) in [4.78, 5) is 14.9. The van der Waals surface area contributed by atoms with Crippen molar-refractivity contribution in [1.82, 2.24) is 5.16 Å². The summed E-state index contributed by atoms with van der Waals surface area (Å²) >= 11 is 6.10. The Balaban J connectivity index is 1.74. The normalized spacial score (nSPS) is 12.1. The zero-order chi connectivity index (χ0) is 18.1. The highest BCUT2D eigenvalue weighted by atomic mass is 35.5. The van der Waals surface area contributed by atoms with Gasteiger partial charge in [-0.25, -0.2) is 0 Å². The fourth-order valence-electron chi connectivity index (χ4n) is 3.10. The van der Waals surface area contributed by atoms with Crippen molar-refractivity contribution in [3.05, 3.63) is 64.8 Å². The van der Waals surface area contributed by atoms with Crippen LogP contribution in [0.2, 0.25) is 5.02 Å². The fourth-order valence-corrected chi connectivity index (χ4v) is 3.28. The number of para-hydroxylation sites is 1. The van der Waals surface area contributed by atoms with Gasteiger partial charge in [0.15, 0.2) is 11.5 Å². The molecule has 1 aliphatic heterocycles. The number of rotatable bonds is 4. The molecule has 0 bridgehead atoms. The van der Waals surface area contributed by atoms with E-state index in [1.165, 1.54) is 0 Å². The minimum Gasteiger partial charge on any atom is -0.488 e. The molecule has 0 N–H and O–H groups in total. The van der Waals surface area contributed by atoms with E-state index in [1.807, 2.05) is 43.3 Å². The number of hydrogen-bond donors (Lipinski definition) is 0. The Hall–Kier alpha value is -2.79. The Morgan fingerprint density at radius 3 is 2.88 bits per heavy atom. The van der Waals surface area contributed by atoms with Crippen LogP contribution in [0.3, 0.4) is 0 Å². The van der Waals surface area contributed by atoms with Crippen LogP contribution >= 0.6 is 11.6 Å². The third kappa shape index (κ3) is 2.84. The molecule has 0 spiro atoms. The number of anilines is 1. The predicted molar refractivity (Wildman–Crippen MR) is 99.7 cm³/mol. The van der Waals surface area contributed by atoms with Crippen LogP contribution in [-0.2, 0) is 6.61 Å². The van der Waals surface area contributed by atoms with Crippen molar-refractivity contribution in [2.75, 3.05) is 11.4 Å². The molecule has 132 valence electrons. The topological polar surface area (TPSA) is 55.6 Å². The van der Waals surface area contributed by atoms with E-state index in [2.05, 4.69) is 5.16 Å². The lowest BCUT2D eigenvalue weighted by molar-refractivity contribution is 0.0976. The molecule has 6 heteroatoms. The average Bonchev–Trinajstić information content (AvgIpc) is 3.10. The molecule has 0 atom stereocenters. The summed E-state index contributed by atoms with van der Waals surface area (Å²) in [6, 6.07) is 14.8. The van der Waals surface area contributed by atoms with Crippen molar-refractivity contribution >= 4 is 23.2 Å². The van der Waals surface area contributed by atoms with Crippen LogP contribution in [0.1, 0.15) is 29.4 Å². The first kappa shape index (κ1) is 16.7. The van der Waals surface area contributed by atoms with Crippen molar-refractivity contribution in [2.24, 2.45) is 0 Å². The standard InChI is InChI=1S/C20H17ClN2O3/c1-2-10-23(14-7-5-6-13(21)11-14)20(24)18-16-12-25-17-9-4-3-8-15(17)19(16)26-22-18/h3-9,11H,2,10,12H2,1H3. The van der Waals surface area contributed by atoms with Gasteiger partial charge >= 0.3 is 0 Å². The lowest BCUT2D eigenvalue weighted by atomic mass is 10.0. The maximum atomic E-state index is 13.2. The SMILES string of the molecule is CCCN(C(=O)c1noc2c1COc1ccccc1-2)c1cccc(Cl)c1. The Bertz CT molecular complexity index is 967. The van der Waals surface area contributed by atoms with Gasteiger partial charge in [0, 0.05) is 17.3 Å². The number of nitrogens with zero attached hydrogens (tertiary/aromatic N) is 2. The molecule has 1 amide bonds. The molecular formula is C20H17ClN2O3. The molecule has 0 fully saturated rings. The molecule has 0 unspecified atom stereocenters. The van der Waals surface area contributed by atoms with Crippen LogP contribution in [-0.4, -0.2) is 17.6 Å². The van der Waals surface area contributed by atoms with Gasteiger partial charge in [-0.2, -0.15) is 0 Å². The molecule has 1 aromatic heterocycles. The van der Waals surface area contributed by atoms with Gasteiger partial charge in [0.05, 0.1) is 11.1 Å². The molecule has 0 radical (unpaired) electrons. The Labute approximate surface area is 156 Å². The van der Waals surface area contributed by atoms with Crippen LogP contribution < -0.4 is 9.64 Å². The molecule has 0 saturated carbocycles. The van der Waals surface area contributed by atoms with Gasteiger partial charge < -0.3 is 14.2 Å². The highest BCUT2D eigenvalue weighted by Gasteiger charge is 2.31. The summed E-state index contributed by atoms with van der Waals surface area (Å²) in [5.41, 5.74) is 2.50. The number of benzene rings is 2. The molecule has 5 nitrogen and oxygen atoms in total. The number of carbonyl (C=O) groups is 1.